The minimum atomic E-state index is -0.820. The van der Waals surface area contributed by atoms with Crippen molar-refractivity contribution in [3.8, 4) is 16.9 Å². The number of anilines is 1. The molecule has 0 spiro atoms. The number of hydrogen-bond donors (Lipinski definition) is 2. The molecule has 2 N–H and O–H groups in total. The molecule has 140 valence electrons. The summed E-state index contributed by atoms with van der Waals surface area (Å²) in [5.74, 6) is -1.23. The number of methoxy groups -OCH3 is 1. The summed E-state index contributed by atoms with van der Waals surface area (Å²) < 4.78 is 9.90. The summed E-state index contributed by atoms with van der Waals surface area (Å²) >= 11 is 1.04. The van der Waals surface area contributed by atoms with E-state index in [0.717, 1.165) is 27.8 Å². The molecule has 27 heavy (non-hydrogen) atoms. The zero-order valence-electron chi connectivity index (χ0n) is 15.0. The highest BCUT2D eigenvalue weighted by atomic mass is 32.2. The van der Waals surface area contributed by atoms with Crippen LogP contribution >= 0.6 is 11.8 Å². The van der Waals surface area contributed by atoms with E-state index < -0.39 is 18.5 Å². The summed E-state index contributed by atoms with van der Waals surface area (Å²) in [6.45, 7) is 3.12. The molecule has 0 radical (unpaired) electrons. The number of carbonyl (C=O) groups is 2. The number of ether oxygens (including phenoxy) is 2. The standard InChI is InChI=1S/C19H18N2O5S/c1-11-6-14(27-10-20)7-12(2)18(11)21-17(23)9-26-19(24)15-5-4-13(25-3)8-16(15)22/h4-8,22H,9H2,1-3H3,(H,21,23). The number of carbonyl (C=O) groups excluding carboxylic acids is 2. The lowest BCUT2D eigenvalue weighted by Gasteiger charge is -2.13. The molecular weight excluding hydrogens is 368 g/mol. The number of thiocyanates is 1. The molecule has 0 bridgehead atoms. The van der Waals surface area contributed by atoms with Gasteiger partial charge >= 0.3 is 5.97 Å². The fourth-order valence-corrected chi connectivity index (χ4v) is 3.00. The molecule has 0 atom stereocenters. The minimum Gasteiger partial charge on any atom is -0.507 e. The molecule has 0 fully saturated rings. The number of amides is 1. The molecule has 0 aromatic heterocycles. The highest BCUT2D eigenvalue weighted by Crippen LogP contribution is 2.27. The molecular formula is C19H18N2O5S. The lowest BCUT2D eigenvalue weighted by atomic mass is 10.1. The first kappa shape index (κ1) is 20.1. The van der Waals surface area contributed by atoms with Crippen molar-refractivity contribution in [3.63, 3.8) is 0 Å². The second-order valence-corrected chi connectivity index (χ2v) is 6.49. The molecule has 0 aliphatic rings. The Morgan fingerprint density at radius 3 is 2.44 bits per heavy atom. The maximum absolute atomic E-state index is 12.1. The fourth-order valence-electron chi connectivity index (χ4n) is 2.43. The van der Waals surface area contributed by atoms with Crippen molar-refractivity contribution in [1.29, 1.82) is 5.26 Å². The van der Waals surface area contributed by atoms with E-state index in [4.69, 9.17) is 14.7 Å². The summed E-state index contributed by atoms with van der Waals surface area (Å²) in [5, 5.41) is 23.3. The van der Waals surface area contributed by atoms with Crippen LogP contribution in [0.15, 0.2) is 35.2 Å². The number of hydrogen-bond acceptors (Lipinski definition) is 7. The number of nitriles is 1. The van der Waals surface area contributed by atoms with Gasteiger partial charge in [-0.15, -0.1) is 0 Å². The Morgan fingerprint density at radius 1 is 1.22 bits per heavy atom. The van der Waals surface area contributed by atoms with Crippen molar-refractivity contribution >= 4 is 29.3 Å². The van der Waals surface area contributed by atoms with Gasteiger partial charge in [-0.2, -0.15) is 5.26 Å². The van der Waals surface area contributed by atoms with E-state index in [1.165, 1.54) is 25.3 Å². The Hall–Kier alpha value is -3.18. The van der Waals surface area contributed by atoms with Crippen LogP contribution in [0.25, 0.3) is 0 Å². The van der Waals surface area contributed by atoms with Gasteiger partial charge in [0.05, 0.1) is 7.11 Å². The topological polar surface area (TPSA) is 109 Å². The van der Waals surface area contributed by atoms with Gasteiger partial charge in [0, 0.05) is 16.6 Å². The first-order valence-corrected chi connectivity index (χ1v) is 8.68. The van der Waals surface area contributed by atoms with Gasteiger partial charge in [-0.1, -0.05) is 0 Å². The van der Waals surface area contributed by atoms with Gasteiger partial charge in [0.2, 0.25) is 0 Å². The van der Waals surface area contributed by atoms with Crippen molar-refractivity contribution in [3.05, 3.63) is 47.0 Å². The monoisotopic (exact) mass is 386 g/mol. The van der Waals surface area contributed by atoms with E-state index >= 15 is 0 Å². The van der Waals surface area contributed by atoms with E-state index in [0.29, 0.717) is 11.4 Å². The lowest BCUT2D eigenvalue weighted by molar-refractivity contribution is -0.119. The third-order valence-electron chi connectivity index (χ3n) is 3.69. The predicted molar refractivity (Wildman–Crippen MR) is 101 cm³/mol. The highest BCUT2D eigenvalue weighted by molar-refractivity contribution is 8.03. The summed E-state index contributed by atoms with van der Waals surface area (Å²) in [4.78, 5) is 24.9. The molecule has 7 nitrogen and oxygen atoms in total. The van der Waals surface area contributed by atoms with Gasteiger partial charge in [0.15, 0.2) is 6.61 Å². The summed E-state index contributed by atoms with van der Waals surface area (Å²) in [6.07, 6.45) is 0. The van der Waals surface area contributed by atoms with E-state index in [1.54, 1.807) is 12.1 Å². The lowest BCUT2D eigenvalue weighted by Crippen LogP contribution is -2.22. The van der Waals surface area contributed by atoms with Crippen molar-refractivity contribution in [1.82, 2.24) is 0 Å². The zero-order chi connectivity index (χ0) is 20.0. The largest absolute Gasteiger partial charge is 0.507 e. The third kappa shape index (κ3) is 5.15. The molecule has 2 aromatic rings. The van der Waals surface area contributed by atoms with Crippen molar-refractivity contribution in [2.24, 2.45) is 0 Å². The maximum atomic E-state index is 12.1. The molecule has 8 heteroatoms. The molecule has 0 saturated heterocycles. The Labute approximate surface area is 160 Å². The number of aromatic hydroxyl groups is 1. The number of rotatable bonds is 6. The Bertz CT molecular complexity index is 898. The highest BCUT2D eigenvalue weighted by Gasteiger charge is 2.16. The summed E-state index contributed by atoms with van der Waals surface area (Å²) in [6, 6.07) is 7.72. The molecule has 0 aliphatic carbocycles. The number of phenols is 1. The predicted octanol–water partition coefficient (Wildman–Crippen LogP) is 3.39. The number of nitrogens with zero attached hydrogens (tertiary/aromatic N) is 1. The first-order chi connectivity index (χ1) is 12.8. The molecule has 0 saturated carbocycles. The van der Waals surface area contributed by atoms with Crippen LogP contribution in [0, 0.1) is 24.5 Å². The van der Waals surface area contributed by atoms with Gasteiger partial charge in [-0.3, -0.25) is 4.79 Å². The number of phenolic OH excluding ortho intramolecular Hbond substituents is 1. The Morgan fingerprint density at radius 2 is 1.89 bits per heavy atom. The van der Waals surface area contributed by atoms with Crippen LogP contribution in [-0.4, -0.2) is 30.7 Å². The summed E-state index contributed by atoms with van der Waals surface area (Å²) in [7, 11) is 1.44. The summed E-state index contributed by atoms with van der Waals surface area (Å²) in [5.41, 5.74) is 2.12. The Balaban J connectivity index is 2.00. The number of esters is 1. The van der Waals surface area contributed by atoms with E-state index in [1.807, 2.05) is 19.2 Å². The second-order valence-electron chi connectivity index (χ2n) is 5.63. The van der Waals surface area contributed by atoms with Crippen LogP contribution in [0.5, 0.6) is 11.5 Å². The SMILES string of the molecule is COc1ccc(C(=O)OCC(=O)Nc2c(C)cc(SC#N)cc2C)c(O)c1. The molecule has 2 aromatic carbocycles. The quantitative estimate of drug-likeness (QED) is 0.445. The van der Waals surface area contributed by atoms with Gasteiger partial charge in [-0.25, -0.2) is 4.79 Å². The average Bonchev–Trinajstić information content (AvgIpc) is 2.63. The normalized spacial score (nSPS) is 10.0. The minimum absolute atomic E-state index is 0.0613. The van der Waals surface area contributed by atoms with Crippen molar-refractivity contribution < 1.29 is 24.2 Å². The molecule has 0 heterocycles. The Kier molecular flexibility index (Phi) is 6.68. The van der Waals surface area contributed by atoms with E-state index in [-0.39, 0.29) is 11.3 Å². The molecule has 0 aliphatic heterocycles. The van der Waals surface area contributed by atoms with Crippen LogP contribution in [0.4, 0.5) is 5.69 Å². The maximum Gasteiger partial charge on any atom is 0.342 e. The van der Waals surface area contributed by atoms with Crippen LogP contribution < -0.4 is 10.1 Å². The molecule has 2 rings (SSSR count). The number of thioether (sulfide) groups is 1. The van der Waals surface area contributed by atoms with Crippen LogP contribution in [0.1, 0.15) is 21.5 Å². The smallest absolute Gasteiger partial charge is 0.342 e. The number of benzene rings is 2. The zero-order valence-corrected chi connectivity index (χ0v) is 15.8. The van der Waals surface area contributed by atoms with Crippen molar-refractivity contribution in [2.75, 3.05) is 19.0 Å². The number of aryl methyl sites for hydroxylation is 2. The number of nitrogens with one attached hydrogen (secondary N) is 1. The molecule has 1 amide bonds. The van der Waals surface area contributed by atoms with Gasteiger partial charge in [0.25, 0.3) is 5.91 Å². The van der Waals surface area contributed by atoms with E-state index in [2.05, 4.69) is 5.32 Å². The van der Waals surface area contributed by atoms with Crippen LogP contribution in [0.3, 0.4) is 0 Å². The third-order valence-corrected chi connectivity index (χ3v) is 4.26. The fraction of sp³-hybridized carbons (Fsp3) is 0.211. The van der Waals surface area contributed by atoms with Gasteiger partial charge in [0.1, 0.15) is 22.5 Å². The van der Waals surface area contributed by atoms with Crippen LogP contribution in [0.2, 0.25) is 0 Å². The van der Waals surface area contributed by atoms with Crippen LogP contribution in [-0.2, 0) is 9.53 Å². The second kappa shape index (κ2) is 8.96. The van der Waals surface area contributed by atoms with E-state index in [9.17, 15) is 14.7 Å². The van der Waals surface area contributed by atoms with Gasteiger partial charge in [-0.05, 0) is 61.0 Å². The van der Waals surface area contributed by atoms with Crippen molar-refractivity contribution in [2.45, 2.75) is 18.7 Å². The average molecular weight is 386 g/mol. The molecule has 0 unspecified atom stereocenters. The first-order valence-electron chi connectivity index (χ1n) is 7.87. The van der Waals surface area contributed by atoms with Gasteiger partial charge < -0.3 is 19.9 Å².